The third kappa shape index (κ3) is 5.58. The summed E-state index contributed by atoms with van der Waals surface area (Å²) >= 11 is 0. The van der Waals surface area contributed by atoms with E-state index in [9.17, 15) is 13.2 Å². The molecular weight excluding hydrogens is 494 g/mol. The van der Waals surface area contributed by atoms with E-state index in [4.69, 9.17) is 0 Å². The van der Waals surface area contributed by atoms with Crippen LogP contribution in [0.15, 0.2) is 114 Å². The molecule has 0 aliphatic carbocycles. The number of piperazine rings is 1. The van der Waals surface area contributed by atoms with Crippen LogP contribution in [0.1, 0.15) is 21.5 Å². The SMILES string of the molecule is Cc1ccc(S(=O)(=O)N(Cc2ccccc2)c2ccc(C(=O)N3CCN(c4ccccc4)CC3)cc2)cc1. The van der Waals surface area contributed by atoms with Gasteiger partial charge < -0.3 is 9.80 Å². The first-order valence-electron chi connectivity index (χ1n) is 12.7. The number of carbonyl (C=O) groups excluding carboxylic acids is 1. The van der Waals surface area contributed by atoms with Gasteiger partial charge in [-0.25, -0.2) is 8.42 Å². The van der Waals surface area contributed by atoms with Crippen LogP contribution in [0.3, 0.4) is 0 Å². The molecule has 0 aromatic heterocycles. The van der Waals surface area contributed by atoms with Gasteiger partial charge in [-0.2, -0.15) is 0 Å². The Morgan fingerprint density at radius 2 is 1.32 bits per heavy atom. The van der Waals surface area contributed by atoms with Crippen LogP contribution in [0.25, 0.3) is 0 Å². The van der Waals surface area contributed by atoms with Crippen LogP contribution >= 0.6 is 0 Å². The molecule has 1 aliphatic rings. The largest absolute Gasteiger partial charge is 0.368 e. The molecule has 4 aromatic carbocycles. The zero-order valence-electron chi connectivity index (χ0n) is 21.4. The lowest BCUT2D eigenvalue weighted by Crippen LogP contribution is -2.48. The summed E-state index contributed by atoms with van der Waals surface area (Å²) in [6.07, 6.45) is 0. The monoisotopic (exact) mass is 525 g/mol. The standard InChI is InChI=1S/C31H31N3O3S/c1-25-12-18-30(19-13-25)38(36,37)34(24-26-8-4-2-5-9-26)29-16-14-27(15-17-29)31(35)33-22-20-32(21-23-33)28-10-6-3-7-11-28/h2-19H,20-24H2,1H3. The molecule has 0 bridgehead atoms. The molecule has 0 N–H and O–H groups in total. The second-order valence-corrected chi connectivity index (χ2v) is 11.3. The fraction of sp³-hybridized carbons (Fsp3) is 0.194. The van der Waals surface area contributed by atoms with Crippen molar-refractivity contribution >= 4 is 27.3 Å². The summed E-state index contributed by atoms with van der Waals surface area (Å²) in [7, 11) is -3.82. The van der Waals surface area contributed by atoms with Crippen molar-refractivity contribution in [3.05, 3.63) is 126 Å². The molecule has 5 rings (SSSR count). The molecule has 38 heavy (non-hydrogen) atoms. The first-order chi connectivity index (χ1) is 18.4. The van der Waals surface area contributed by atoms with E-state index < -0.39 is 10.0 Å². The van der Waals surface area contributed by atoms with E-state index in [1.54, 1.807) is 48.5 Å². The lowest BCUT2D eigenvalue weighted by Gasteiger charge is -2.36. The predicted molar refractivity (Wildman–Crippen MR) is 152 cm³/mol. The van der Waals surface area contributed by atoms with Gasteiger partial charge >= 0.3 is 0 Å². The molecule has 0 spiro atoms. The van der Waals surface area contributed by atoms with Crippen molar-refractivity contribution in [2.75, 3.05) is 35.4 Å². The Balaban J connectivity index is 1.35. The van der Waals surface area contributed by atoms with E-state index >= 15 is 0 Å². The molecule has 6 nitrogen and oxygen atoms in total. The molecule has 1 heterocycles. The number of para-hydroxylation sites is 1. The summed E-state index contributed by atoms with van der Waals surface area (Å²) < 4.78 is 28.8. The van der Waals surface area contributed by atoms with Crippen molar-refractivity contribution in [2.45, 2.75) is 18.4 Å². The number of nitrogens with zero attached hydrogens (tertiary/aromatic N) is 3. The van der Waals surface area contributed by atoms with Gasteiger partial charge in [0.05, 0.1) is 17.1 Å². The second-order valence-electron chi connectivity index (χ2n) is 9.47. The maximum absolute atomic E-state index is 13.7. The van der Waals surface area contributed by atoms with Crippen molar-refractivity contribution in [3.63, 3.8) is 0 Å². The summed E-state index contributed by atoms with van der Waals surface area (Å²) in [6, 6.07) is 33.5. The normalized spacial score (nSPS) is 13.8. The summed E-state index contributed by atoms with van der Waals surface area (Å²) in [5.41, 5.74) is 4.09. The average Bonchev–Trinajstić information content (AvgIpc) is 2.97. The lowest BCUT2D eigenvalue weighted by molar-refractivity contribution is 0.0747. The summed E-state index contributed by atoms with van der Waals surface area (Å²) in [4.78, 5) is 17.6. The van der Waals surface area contributed by atoms with Gasteiger partial charge in [-0.05, 0) is 61.0 Å². The number of hydrogen-bond acceptors (Lipinski definition) is 4. The number of hydrogen-bond donors (Lipinski definition) is 0. The quantitative estimate of drug-likeness (QED) is 0.326. The van der Waals surface area contributed by atoms with Crippen LogP contribution in [0.5, 0.6) is 0 Å². The Morgan fingerprint density at radius 3 is 1.92 bits per heavy atom. The van der Waals surface area contributed by atoms with Crippen LogP contribution in [0.4, 0.5) is 11.4 Å². The average molecular weight is 526 g/mol. The number of benzene rings is 4. The van der Waals surface area contributed by atoms with E-state index in [1.165, 1.54) is 4.31 Å². The molecule has 194 valence electrons. The minimum absolute atomic E-state index is 0.0414. The zero-order valence-corrected chi connectivity index (χ0v) is 22.2. The molecular formula is C31H31N3O3S. The molecule has 1 fully saturated rings. The Bertz CT molecular complexity index is 1470. The number of rotatable bonds is 7. The summed E-state index contributed by atoms with van der Waals surface area (Å²) in [5.74, 6) is -0.0414. The van der Waals surface area contributed by atoms with Crippen molar-refractivity contribution in [3.8, 4) is 0 Å². The Kier molecular flexibility index (Phi) is 7.47. The van der Waals surface area contributed by atoms with Gasteiger partial charge in [-0.3, -0.25) is 9.10 Å². The van der Waals surface area contributed by atoms with Crippen molar-refractivity contribution in [2.24, 2.45) is 0 Å². The first-order valence-corrected chi connectivity index (χ1v) is 14.2. The Labute approximate surface area is 224 Å². The van der Waals surface area contributed by atoms with Gasteiger partial charge in [0.15, 0.2) is 0 Å². The second kappa shape index (κ2) is 11.1. The first kappa shape index (κ1) is 25.5. The maximum atomic E-state index is 13.7. The van der Waals surface area contributed by atoms with Crippen molar-refractivity contribution < 1.29 is 13.2 Å². The molecule has 1 aliphatic heterocycles. The highest BCUT2D eigenvalue weighted by Gasteiger charge is 2.26. The maximum Gasteiger partial charge on any atom is 0.264 e. The smallest absolute Gasteiger partial charge is 0.264 e. The molecule has 4 aromatic rings. The Hall–Kier alpha value is -4.10. The zero-order chi connectivity index (χ0) is 26.5. The molecule has 0 atom stereocenters. The summed E-state index contributed by atoms with van der Waals surface area (Å²) in [5, 5.41) is 0. The van der Waals surface area contributed by atoms with E-state index in [-0.39, 0.29) is 17.3 Å². The molecule has 0 radical (unpaired) electrons. The van der Waals surface area contributed by atoms with E-state index in [1.807, 2.05) is 60.4 Å². The van der Waals surface area contributed by atoms with Crippen LogP contribution in [-0.4, -0.2) is 45.4 Å². The topological polar surface area (TPSA) is 60.9 Å². The minimum atomic E-state index is -3.82. The number of aryl methyl sites for hydroxylation is 1. The van der Waals surface area contributed by atoms with Crippen LogP contribution in [0, 0.1) is 6.92 Å². The van der Waals surface area contributed by atoms with Gasteiger partial charge in [0, 0.05) is 37.4 Å². The van der Waals surface area contributed by atoms with E-state index in [0.29, 0.717) is 24.3 Å². The highest BCUT2D eigenvalue weighted by Crippen LogP contribution is 2.27. The number of carbonyl (C=O) groups is 1. The minimum Gasteiger partial charge on any atom is -0.368 e. The van der Waals surface area contributed by atoms with Crippen molar-refractivity contribution in [1.29, 1.82) is 0 Å². The molecule has 1 saturated heterocycles. The highest BCUT2D eigenvalue weighted by atomic mass is 32.2. The van der Waals surface area contributed by atoms with Crippen LogP contribution < -0.4 is 9.21 Å². The molecule has 1 amide bonds. The van der Waals surface area contributed by atoms with Crippen LogP contribution in [-0.2, 0) is 16.6 Å². The fourth-order valence-electron chi connectivity index (χ4n) is 4.66. The van der Waals surface area contributed by atoms with E-state index in [2.05, 4.69) is 17.0 Å². The third-order valence-electron chi connectivity index (χ3n) is 6.87. The fourth-order valence-corrected chi connectivity index (χ4v) is 6.11. The number of sulfonamides is 1. The number of anilines is 2. The lowest BCUT2D eigenvalue weighted by atomic mass is 10.1. The van der Waals surface area contributed by atoms with Gasteiger partial charge in [-0.1, -0.05) is 66.2 Å². The highest BCUT2D eigenvalue weighted by molar-refractivity contribution is 7.92. The summed E-state index contributed by atoms with van der Waals surface area (Å²) in [6.45, 7) is 4.93. The van der Waals surface area contributed by atoms with Crippen molar-refractivity contribution in [1.82, 2.24) is 4.90 Å². The molecule has 7 heteroatoms. The number of amides is 1. The molecule has 0 saturated carbocycles. The third-order valence-corrected chi connectivity index (χ3v) is 8.66. The van der Waals surface area contributed by atoms with Gasteiger partial charge in [0.25, 0.3) is 15.9 Å². The molecule has 0 unspecified atom stereocenters. The van der Waals surface area contributed by atoms with Gasteiger partial charge in [0.2, 0.25) is 0 Å². The van der Waals surface area contributed by atoms with Gasteiger partial charge in [-0.15, -0.1) is 0 Å². The van der Waals surface area contributed by atoms with Gasteiger partial charge in [0.1, 0.15) is 0 Å². The van der Waals surface area contributed by atoms with Crippen LogP contribution in [0.2, 0.25) is 0 Å². The Morgan fingerprint density at radius 1 is 0.737 bits per heavy atom. The van der Waals surface area contributed by atoms with E-state index in [0.717, 1.165) is 29.9 Å². The predicted octanol–water partition coefficient (Wildman–Crippen LogP) is 5.35.